The van der Waals surface area contributed by atoms with E-state index in [1.165, 1.54) is 6.20 Å². The van der Waals surface area contributed by atoms with Crippen LogP contribution in [0.2, 0.25) is 0 Å². The molecule has 0 spiro atoms. The van der Waals surface area contributed by atoms with Crippen LogP contribution in [0, 0.1) is 5.92 Å². The van der Waals surface area contributed by atoms with E-state index in [0.717, 1.165) is 59.6 Å². The largest absolute Gasteiger partial charge is 0.480 e. The number of carbonyl (C=O) groups excluding carboxylic acids is 7. The molecule has 1 aliphatic heterocycles. The zero-order valence-electron chi connectivity index (χ0n) is 47.4. The van der Waals surface area contributed by atoms with E-state index in [9.17, 15) is 43.5 Å². The fraction of sp³-hybridized carbons (Fsp3) is 0.349. The van der Waals surface area contributed by atoms with Gasteiger partial charge in [0.2, 0.25) is 41.4 Å². The van der Waals surface area contributed by atoms with Gasteiger partial charge in [-0.1, -0.05) is 145 Å². The number of nitrogens with one attached hydrogen (secondary N) is 8. The number of aromatic amines is 1. The van der Waals surface area contributed by atoms with E-state index in [4.69, 9.17) is 11.5 Å². The zero-order valence-corrected chi connectivity index (χ0v) is 49.0. The van der Waals surface area contributed by atoms with Crippen molar-refractivity contribution in [2.45, 2.75) is 114 Å². The SMILES string of the molecule is CC(C)C[C@@H]1NC(=O)[C@H](CCCCN)NC(=O)[C@@H](Cc2c[nH]c3ccccc23)NC(=O)[C@H](Cc2cccnc2)NC(=O)[C@H](NC(=O)[C@@H](N)Cc2ccc3ccccc3c2)CSSC[C@@H](C(=O)N[C@@H](Cc2ccc3ccccc3c2)C(=O)O)NC1=O. The molecule has 0 saturated carbocycles. The number of rotatable bonds is 19. The van der Waals surface area contributed by atoms with Gasteiger partial charge in [-0.2, -0.15) is 0 Å². The van der Waals surface area contributed by atoms with Crippen molar-refractivity contribution in [2.75, 3.05) is 18.1 Å². The van der Waals surface area contributed by atoms with Gasteiger partial charge in [0, 0.05) is 60.3 Å². The fourth-order valence-corrected chi connectivity index (χ4v) is 12.5. The first-order chi connectivity index (χ1) is 41.0. The average Bonchev–Trinajstić information content (AvgIpc) is 4.17. The molecule has 22 heteroatoms. The van der Waals surface area contributed by atoms with E-state index in [2.05, 4.69) is 47.2 Å². The van der Waals surface area contributed by atoms with Crippen LogP contribution in [-0.4, -0.2) is 129 Å². The Bertz CT molecular complexity index is 3490. The number of carbonyl (C=O) groups is 8. The fourth-order valence-electron chi connectivity index (χ4n) is 10.2. The Hall–Kier alpha value is -8.31. The predicted octanol–water partition coefficient (Wildman–Crippen LogP) is 4.52. The molecule has 1 fully saturated rings. The number of amides is 7. The lowest BCUT2D eigenvalue weighted by Crippen LogP contribution is -2.61. The number of nitrogens with two attached hydrogens (primary N) is 2. The van der Waals surface area contributed by atoms with E-state index < -0.39 is 95.7 Å². The van der Waals surface area contributed by atoms with Crippen LogP contribution in [0.25, 0.3) is 32.4 Å². The summed E-state index contributed by atoms with van der Waals surface area (Å²) >= 11 is 0. The Labute approximate surface area is 500 Å². The van der Waals surface area contributed by atoms with Crippen LogP contribution >= 0.6 is 21.6 Å². The molecule has 5 aromatic carbocycles. The molecule has 7 amide bonds. The summed E-state index contributed by atoms with van der Waals surface area (Å²) in [5.74, 6) is -7.16. The Morgan fingerprint density at radius 2 is 1.24 bits per heavy atom. The van der Waals surface area contributed by atoms with Gasteiger partial charge in [0.25, 0.3) is 0 Å². The molecule has 0 aliphatic carbocycles. The summed E-state index contributed by atoms with van der Waals surface area (Å²) in [6, 6.07) is 26.8. The second-order valence-electron chi connectivity index (χ2n) is 21.8. The Morgan fingerprint density at radius 3 is 1.89 bits per heavy atom. The van der Waals surface area contributed by atoms with Crippen molar-refractivity contribution in [1.82, 2.24) is 47.2 Å². The van der Waals surface area contributed by atoms with E-state index in [-0.39, 0.29) is 62.5 Å². The number of unbranched alkanes of at least 4 members (excludes halogenated alkanes) is 1. The average molecular weight is 1190 g/mol. The molecule has 85 heavy (non-hydrogen) atoms. The van der Waals surface area contributed by atoms with Crippen molar-refractivity contribution in [1.29, 1.82) is 0 Å². The number of hydrogen-bond acceptors (Lipinski definition) is 13. The van der Waals surface area contributed by atoms with Crippen LogP contribution < -0.4 is 48.7 Å². The number of carboxylic acids is 1. The molecule has 13 N–H and O–H groups in total. The smallest absolute Gasteiger partial charge is 0.326 e. The second kappa shape index (κ2) is 30.5. The van der Waals surface area contributed by atoms with Gasteiger partial charge in [-0.15, -0.1) is 0 Å². The van der Waals surface area contributed by atoms with Gasteiger partial charge in [-0.05, 0) is 100 Å². The molecule has 8 atom stereocenters. The summed E-state index contributed by atoms with van der Waals surface area (Å²) in [5.41, 5.74) is 15.9. The number of H-pyrrole nitrogens is 1. The highest BCUT2D eigenvalue weighted by Crippen LogP contribution is 2.26. The number of fused-ring (bicyclic) bond motifs is 3. The Balaban J connectivity index is 1.14. The van der Waals surface area contributed by atoms with Crippen molar-refractivity contribution >= 4 is 101 Å². The summed E-state index contributed by atoms with van der Waals surface area (Å²) in [7, 11) is 2.12. The Morgan fingerprint density at radius 1 is 0.647 bits per heavy atom. The number of aliphatic carboxylic acids is 1. The van der Waals surface area contributed by atoms with Crippen molar-refractivity contribution in [3.63, 3.8) is 0 Å². The van der Waals surface area contributed by atoms with E-state index in [0.29, 0.717) is 29.5 Å². The number of pyridine rings is 1. The molecule has 8 rings (SSSR count). The van der Waals surface area contributed by atoms with Crippen LogP contribution in [0.3, 0.4) is 0 Å². The summed E-state index contributed by atoms with van der Waals surface area (Å²) < 4.78 is 0. The van der Waals surface area contributed by atoms with Crippen LogP contribution in [0.4, 0.5) is 0 Å². The van der Waals surface area contributed by atoms with Gasteiger partial charge in [0.1, 0.15) is 42.3 Å². The van der Waals surface area contributed by atoms with Crippen molar-refractivity contribution in [2.24, 2.45) is 17.4 Å². The maximum Gasteiger partial charge on any atom is 0.326 e. The molecule has 2 aromatic heterocycles. The Kier molecular flexibility index (Phi) is 22.5. The number of para-hydroxylation sites is 1. The van der Waals surface area contributed by atoms with Crippen LogP contribution in [0.15, 0.2) is 140 Å². The summed E-state index contributed by atoms with van der Waals surface area (Å²) in [6.45, 7) is 3.98. The molecule has 0 radical (unpaired) electrons. The summed E-state index contributed by atoms with van der Waals surface area (Å²) in [6.07, 6.45) is 5.72. The minimum Gasteiger partial charge on any atom is -0.480 e. The molecular weight excluding hydrogens is 1120 g/mol. The number of carboxylic acid groups (broad SMARTS) is 1. The van der Waals surface area contributed by atoms with Gasteiger partial charge in [-0.25, -0.2) is 4.79 Å². The third-order valence-electron chi connectivity index (χ3n) is 14.7. The highest BCUT2D eigenvalue weighted by Gasteiger charge is 2.36. The highest BCUT2D eigenvalue weighted by atomic mass is 33.1. The molecule has 1 aliphatic rings. The van der Waals surface area contributed by atoms with E-state index in [1.807, 2.05) is 117 Å². The lowest BCUT2D eigenvalue weighted by atomic mass is 10.00. The second-order valence-corrected chi connectivity index (χ2v) is 24.3. The molecule has 20 nitrogen and oxygen atoms in total. The first kappa shape index (κ1) is 62.7. The molecule has 446 valence electrons. The van der Waals surface area contributed by atoms with Gasteiger partial charge in [0.15, 0.2) is 0 Å². The van der Waals surface area contributed by atoms with E-state index >= 15 is 0 Å². The quantitative estimate of drug-likeness (QED) is 0.0392. The number of hydrogen-bond donors (Lipinski definition) is 11. The van der Waals surface area contributed by atoms with Crippen LogP contribution in [0.5, 0.6) is 0 Å². The third kappa shape index (κ3) is 17.9. The maximum atomic E-state index is 15.0. The van der Waals surface area contributed by atoms with Crippen molar-refractivity contribution in [3.8, 4) is 0 Å². The highest BCUT2D eigenvalue weighted by molar-refractivity contribution is 8.76. The minimum absolute atomic E-state index is 0.0687. The van der Waals surface area contributed by atoms with Gasteiger partial charge >= 0.3 is 5.97 Å². The molecule has 3 heterocycles. The minimum atomic E-state index is -1.44. The van der Waals surface area contributed by atoms with Gasteiger partial charge < -0.3 is 58.8 Å². The monoisotopic (exact) mass is 1190 g/mol. The third-order valence-corrected chi connectivity index (χ3v) is 17.2. The number of nitrogens with zero attached hydrogens (tertiary/aromatic N) is 1. The van der Waals surface area contributed by atoms with Crippen molar-refractivity contribution < 1.29 is 43.5 Å². The van der Waals surface area contributed by atoms with Crippen LogP contribution in [0.1, 0.15) is 61.8 Å². The maximum absolute atomic E-state index is 15.0. The van der Waals surface area contributed by atoms with Gasteiger partial charge in [-0.3, -0.25) is 38.5 Å². The number of aromatic nitrogens is 2. The van der Waals surface area contributed by atoms with E-state index in [1.54, 1.807) is 30.6 Å². The molecule has 0 bridgehead atoms. The summed E-state index contributed by atoms with van der Waals surface area (Å²) in [5, 5.41) is 34.7. The predicted molar refractivity (Wildman–Crippen MR) is 332 cm³/mol. The lowest BCUT2D eigenvalue weighted by molar-refractivity contribution is -0.142. The topological polar surface area (TPSA) is 322 Å². The summed E-state index contributed by atoms with van der Waals surface area (Å²) in [4.78, 5) is 123. The molecule has 1 saturated heterocycles. The first-order valence-corrected chi connectivity index (χ1v) is 30.9. The normalized spacial score (nSPS) is 20.3. The molecule has 7 aromatic rings. The molecular formula is C63H73N11O9S2. The first-order valence-electron chi connectivity index (χ1n) is 28.5. The van der Waals surface area contributed by atoms with Gasteiger partial charge in [0.05, 0.1) is 6.04 Å². The lowest BCUT2D eigenvalue weighted by Gasteiger charge is -2.29. The standard InChI is InChI=1S/C63H73N11O9S2/c1-37(2)26-50-58(77)74-55(62(81)72-53(63(82)83)30-39-21-23-42-14-4-6-16-44(42)28-39)36-85-84-35-54(73-56(75)47(65)29-38-20-22-41-13-3-5-15-43(41)27-38)61(80)70-51(31-40-12-11-25-66-33-40)59(78)71-52(32-45-34-67-48-18-8-7-17-46(45)48)60(79)68-49(57(76)69-50)19-9-10-24-64/h3-8,11-18,20-23,25,27-28,33-34,37,47,49-55,67H,9-10,19,24,26,29-32,35-36,64-65H2,1-2H3,(H,68,79)(H,69,76)(H,70,80)(H,71,78)(H,72,81)(H,73,75)(H,74,77)(H,82,83)/t47-,49-,50-,51-,52+,53-,54+,55-/m0/s1. The molecule has 0 unspecified atom stereocenters. The zero-order chi connectivity index (χ0) is 60.4. The van der Waals surface area contributed by atoms with Crippen molar-refractivity contribution in [3.05, 3.63) is 162 Å². The number of benzene rings is 5. The van der Waals surface area contributed by atoms with Crippen LogP contribution in [-0.2, 0) is 64.0 Å².